The van der Waals surface area contributed by atoms with E-state index in [-0.39, 0.29) is 42.6 Å². The average Bonchev–Trinajstić information content (AvgIpc) is 3.80. The molecule has 0 spiro atoms. The molecule has 6 rings (SSSR count). The van der Waals surface area contributed by atoms with Crippen molar-refractivity contribution in [1.82, 2.24) is 24.7 Å². The number of carbonyl (C=O) groups is 1. The van der Waals surface area contributed by atoms with E-state index in [1.54, 1.807) is 11.2 Å². The minimum Gasteiger partial charge on any atom is -0.473 e. The summed E-state index contributed by atoms with van der Waals surface area (Å²) in [6, 6.07) is 4.09. The molecule has 0 radical (unpaired) electrons. The van der Waals surface area contributed by atoms with Crippen molar-refractivity contribution in [2.45, 2.75) is 128 Å². The Morgan fingerprint density at radius 1 is 1.25 bits per heavy atom. The highest BCUT2D eigenvalue weighted by Crippen LogP contribution is 2.51. The first-order valence-corrected chi connectivity index (χ1v) is 19.5. The fourth-order valence-corrected chi connectivity index (χ4v) is 9.49. The number of carbonyl (C=O) groups excluding carboxylic acids is 1. The van der Waals surface area contributed by atoms with Crippen molar-refractivity contribution in [3.63, 3.8) is 0 Å². The smallest absolute Gasteiger partial charge is 0.410 e. The first-order chi connectivity index (χ1) is 24.9. The van der Waals surface area contributed by atoms with Crippen LogP contribution in [0, 0.1) is 11.3 Å². The Morgan fingerprint density at radius 2 is 1.96 bits per heavy atom. The number of nitrogens with zero attached hydrogens (tertiary/aromatic N) is 9. The predicted octanol–water partition coefficient (Wildman–Crippen LogP) is 5.54. The number of fused-ring (bicyclic) bond motifs is 1. The Bertz CT molecular complexity index is 1790. The van der Waals surface area contributed by atoms with E-state index in [9.17, 15) is 15.2 Å². The van der Waals surface area contributed by atoms with Crippen LogP contribution in [0.1, 0.15) is 102 Å². The lowest BCUT2D eigenvalue weighted by Gasteiger charge is -2.45. The van der Waals surface area contributed by atoms with Gasteiger partial charge in [0.2, 0.25) is 11.7 Å². The fourth-order valence-electron chi connectivity index (χ4n) is 8.23. The largest absolute Gasteiger partial charge is 0.473 e. The average molecular weight is 750 g/mol. The number of aliphatic imine (C=N–C) groups is 1. The first-order valence-electron chi connectivity index (χ1n) is 18.7. The molecular weight excluding hydrogens is 695 g/mol. The molecule has 1 amide bonds. The fraction of sp³-hybridized carbons (Fsp3) is 0.684. The van der Waals surface area contributed by atoms with Crippen LogP contribution in [0.4, 0.5) is 15.6 Å². The SMILES string of the molecule is C[C@H](Oc1cc(N2C[C@H](C)N(C(=O)OC(C)(C)C)[C@@H](C)C2)nc(C2(O)CC([C@@]3(C)CCCc4sc(N=CN(C)C)c(C#N)c43)=NO2)n1)[C@@H]1CCCN1C. The second-order valence-electron chi connectivity index (χ2n) is 16.6. The van der Waals surface area contributed by atoms with Crippen LogP contribution < -0.4 is 9.64 Å². The highest BCUT2D eigenvalue weighted by Gasteiger charge is 2.51. The minimum atomic E-state index is -1.97. The van der Waals surface area contributed by atoms with Gasteiger partial charge in [0.1, 0.15) is 28.6 Å². The van der Waals surface area contributed by atoms with Gasteiger partial charge in [0.15, 0.2) is 0 Å². The lowest BCUT2D eigenvalue weighted by Crippen LogP contribution is -2.59. The van der Waals surface area contributed by atoms with E-state index in [4.69, 9.17) is 24.3 Å². The van der Waals surface area contributed by atoms with E-state index in [1.165, 1.54) is 11.3 Å². The van der Waals surface area contributed by atoms with Gasteiger partial charge < -0.3 is 29.2 Å². The summed E-state index contributed by atoms with van der Waals surface area (Å²) in [6.45, 7) is 15.7. The number of ether oxygens (including phenoxy) is 2. The molecule has 14 nitrogen and oxygen atoms in total. The number of piperazine rings is 1. The zero-order chi connectivity index (χ0) is 38.5. The molecule has 2 aromatic rings. The molecule has 1 aliphatic carbocycles. The Kier molecular flexibility index (Phi) is 10.7. The summed E-state index contributed by atoms with van der Waals surface area (Å²) in [6.07, 6.45) is 5.80. The predicted molar refractivity (Wildman–Crippen MR) is 205 cm³/mol. The van der Waals surface area contributed by atoms with Crippen molar-refractivity contribution in [2.75, 3.05) is 45.7 Å². The van der Waals surface area contributed by atoms with Crippen molar-refractivity contribution in [3.8, 4) is 11.9 Å². The zero-order valence-corrected chi connectivity index (χ0v) is 33.7. The number of oxime groups is 1. The van der Waals surface area contributed by atoms with Gasteiger partial charge in [-0.3, -0.25) is 9.80 Å². The molecule has 2 saturated heterocycles. The number of likely N-dealkylation sites (tertiary alicyclic amines) is 1. The van der Waals surface area contributed by atoms with Crippen molar-refractivity contribution in [3.05, 3.63) is 27.9 Å². The molecule has 0 aromatic carbocycles. The molecule has 15 heteroatoms. The summed E-state index contributed by atoms with van der Waals surface area (Å²) in [7, 11) is 5.89. The zero-order valence-electron chi connectivity index (χ0n) is 32.8. The number of hydrogen-bond donors (Lipinski definition) is 1. The highest BCUT2D eigenvalue weighted by molar-refractivity contribution is 7.16. The minimum absolute atomic E-state index is 0.0169. The third kappa shape index (κ3) is 7.82. The molecule has 4 aliphatic rings. The van der Waals surface area contributed by atoms with Gasteiger partial charge >= 0.3 is 11.9 Å². The van der Waals surface area contributed by atoms with Crippen LogP contribution in [0.25, 0.3) is 0 Å². The summed E-state index contributed by atoms with van der Waals surface area (Å²) in [5, 5.41) is 27.8. The lowest BCUT2D eigenvalue weighted by atomic mass is 9.68. The van der Waals surface area contributed by atoms with E-state index in [0.717, 1.165) is 49.1 Å². The molecular formula is C38H55N9O5S. The van der Waals surface area contributed by atoms with E-state index >= 15 is 0 Å². The number of hydrogen-bond acceptors (Lipinski definition) is 13. The second-order valence-corrected chi connectivity index (χ2v) is 17.7. The van der Waals surface area contributed by atoms with Crippen molar-refractivity contribution >= 4 is 40.3 Å². The summed E-state index contributed by atoms with van der Waals surface area (Å²) < 4.78 is 12.3. The topological polar surface area (TPSA) is 152 Å². The Morgan fingerprint density at radius 3 is 2.58 bits per heavy atom. The van der Waals surface area contributed by atoms with Crippen LogP contribution in [0.15, 0.2) is 16.2 Å². The Hall–Kier alpha value is -4.00. The van der Waals surface area contributed by atoms with E-state index < -0.39 is 16.8 Å². The number of anilines is 1. The lowest BCUT2D eigenvalue weighted by molar-refractivity contribution is -0.199. The molecule has 1 N–H and O–H groups in total. The van der Waals surface area contributed by atoms with Crippen molar-refractivity contribution < 1.29 is 24.2 Å². The standard InChI is InChI=1S/C38H55N9O5S/c1-23-20-46(21-24(2)47(23)35(48)51-36(4,5)6)30-17-31(50-25(3)27-13-12-16-45(27)10)42-34(41-30)38(49)18-29(43-52-38)37(7)15-11-14-28-32(37)26(19-39)33(53-28)40-22-44(8)9/h17,22-25,27,49H,11-16,18,20-21H2,1-10H3/t23-,24-,25-,27-,37+,38?/m0/s1. The third-order valence-corrected chi connectivity index (χ3v) is 11.9. The third-order valence-electron chi connectivity index (χ3n) is 10.8. The van der Waals surface area contributed by atoms with E-state index in [0.29, 0.717) is 41.1 Å². The quantitative estimate of drug-likeness (QED) is 0.268. The van der Waals surface area contributed by atoms with Crippen LogP contribution in [-0.2, 0) is 27.2 Å². The molecule has 0 bridgehead atoms. The molecule has 5 heterocycles. The van der Waals surface area contributed by atoms with E-state index in [2.05, 4.69) is 40.0 Å². The molecule has 288 valence electrons. The summed E-state index contributed by atoms with van der Waals surface area (Å²) in [5.74, 6) is -1.03. The van der Waals surface area contributed by atoms with E-state index in [1.807, 2.05) is 66.6 Å². The van der Waals surface area contributed by atoms with Crippen LogP contribution in [0.2, 0.25) is 0 Å². The first kappa shape index (κ1) is 38.7. The number of rotatable bonds is 8. The molecule has 6 atom stereocenters. The molecule has 2 fully saturated rings. The van der Waals surface area contributed by atoms with Gasteiger partial charge in [-0.25, -0.2) is 14.8 Å². The van der Waals surface area contributed by atoms with Gasteiger partial charge in [0.25, 0.3) is 0 Å². The summed E-state index contributed by atoms with van der Waals surface area (Å²) in [5.41, 5.74) is 0.808. The Balaban J connectivity index is 1.32. The number of thiophene rings is 1. The summed E-state index contributed by atoms with van der Waals surface area (Å²) >= 11 is 1.54. The van der Waals surface area contributed by atoms with Gasteiger partial charge in [-0.15, -0.1) is 11.3 Å². The number of likely N-dealkylation sites (N-methyl/N-ethyl adjacent to an activating group) is 1. The van der Waals surface area contributed by atoms with Crippen LogP contribution >= 0.6 is 11.3 Å². The van der Waals surface area contributed by atoms with Gasteiger partial charge in [-0.05, 0) is 99.7 Å². The van der Waals surface area contributed by atoms with Crippen LogP contribution in [-0.4, -0.2) is 119 Å². The number of nitriles is 1. The van der Waals surface area contributed by atoms with Crippen LogP contribution in [0.5, 0.6) is 5.88 Å². The molecule has 1 unspecified atom stereocenters. The monoisotopic (exact) mass is 749 g/mol. The number of aryl methyl sites for hydroxylation is 1. The number of aliphatic hydroxyl groups is 1. The highest BCUT2D eigenvalue weighted by atomic mass is 32.1. The van der Waals surface area contributed by atoms with Crippen molar-refractivity contribution in [2.24, 2.45) is 10.1 Å². The van der Waals surface area contributed by atoms with Gasteiger partial charge in [-0.1, -0.05) is 5.16 Å². The van der Waals surface area contributed by atoms with Crippen LogP contribution in [0.3, 0.4) is 0 Å². The maximum atomic E-state index is 13.2. The molecule has 2 aromatic heterocycles. The Labute approximate surface area is 317 Å². The maximum Gasteiger partial charge on any atom is 0.410 e. The van der Waals surface area contributed by atoms with Gasteiger partial charge in [0.05, 0.1) is 36.1 Å². The maximum absolute atomic E-state index is 13.2. The van der Waals surface area contributed by atoms with Gasteiger partial charge in [-0.2, -0.15) is 10.2 Å². The van der Waals surface area contributed by atoms with Crippen molar-refractivity contribution in [1.29, 1.82) is 5.26 Å². The molecule has 53 heavy (non-hydrogen) atoms. The normalized spacial score (nSPS) is 28.3. The second kappa shape index (κ2) is 14.7. The number of amides is 1. The number of aromatic nitrogens is 2. The van der Waals surface area contributed by atoms with Gasteiger partial charge in [0, 0.05) is 49.6 Å². The molecule has 0 saturated carbocycles. The molecule has 3 aliphatic heterocycles. The summed E-state index contributed by atoms with van der Waals surface area (Å²) in [4.78, 5) is 42.6.